The van der Waals surface area contributed by atoms with Crippen LogP contribution in [0.3, 0.4) is 0 Å². The van der Waals surface area contributed by atoms with E-state index in [2.05, 4.69) is 22.1 Å². The predicted molar refractivity (Wildman–Crippen MR) is 115 cm³/mol. The zero-order chi connectivity index (χ0) is 18.1. The van der Waals surface area contributed by atoms with Crippen molar-refractivity contribution in [1.82, 2.24) is 9.88 Å². The lowest BCUT2D eigenvalue weighted by molar-refractivity contribution is -0.119. The molecule has 1 aliphatic rings. The molecule has 3 rings (SSSR count). The van der Waals surface area contributed by atoms with E-state index in [0.29, 0.717) is 31.6 Å². The van der Waals surface area contributed by atoms with Gasteiger partial charge in [0, 0.05) is 35.6 Å². The third kappa shape index (κ3) is 4.59. The van der Waals surface area contributed by atoms with Crippen LogP contribution in [0.5, 0.6) is 0 Å². The van der Waals surface area contributed by atoms with Crippen molar-refractivity contribution in [3.05, 3.63) is 30.5 Å². The molecular weight excluding hydrogens is 409 g/mol. The van der Waals surface area contributed by atoms with Gasteiger partial charge in [-0.3, -0.25) is 4.79 Å². The molecule has 6 nitrogen and oxygen atoms in total. The van der Waals surface area contributed by atoms with Gasteiger partial charge < -0.3 is 15.2 Å². The van der Waals surface area contributed by atoms with Crippen LogP contribution in [0.1, 0.15) is 26.2 Å². The Labute approximate surface area is 172 Å². The Morgan fingerprint density at radius 1 is 1.22 bits per heavy atom. The second kappa shape index (κ2) is 9.28. The number of carbonyl (C=O) groups is 1. The maximum atomic E-state index is 12.9. The van der Waals surface area contributed by atoms with Crippen molar-refractivity contribution in [2.45, 2.75) is 37.5 Å². The van der Waals surface area contributed by atoms with Crippen LogP contribution in [-0.2, 0) is 21.2 Å². The van der Waals surface area contributed by atoms with Crippen LogP contribution in [0.15, 0.2) is 30.5 Å². The average molecular weight is 436 g/mol. The van der Waals surface area contributed by atoms with E-state index in [1.54, 1.807) is 0 Å². The minimum Gasteiger partial charge on any atom is -0.347 e. The summed E-state index contributed by atoms with van der Waals surface area (Å²) in [4.78, 5) is 12.9. The number of halogens is 2. The van der Waals surface area contributed by atoms with Gasteiger partial charge >= 0.3 is 0 Å². The van der Waals surface area contributed by atoms with Gasteiger partial charge in [-0.15, -0.1) is 24.8 Å². The number of amides is 1. The molecule has 0 radical (unpaired) electrons. The Morgan fingerprint density at radius 2 is 1.89 bits per heavy atom. The highest BCUT2D eigenvalue weighted by atomic mass is 35.5. The molecule has 9 heteroatoms. The molecule has 1 aromatic carbocycles. The number of hydrogen-bond acceptors (Lipinski definition) is 4. The molecule has 0 bridgehead atoms. The van der Waals surface area contributed by atoms with Gasteiger partial charge in [0.05, 0.1) is 0 Å². The van der Waals surface area contributed by atoms with E-state index >= 15 is 0 Å². The largest absolute Gasteiger partial charge is 0.347 e. The second-order valence-electron chi connectivity index (χ2n) is 6.75. The Bertz CT molecular complexity index is 890. The molecule has 0 aliphatic carbocycles. The van der Waals surface area contributed by atoms with E-state index < -0.39 is 20.5 Å². The molecule has 2 aromatic rings. The van der Waals surface area contributed by atoms with Gasteiger partial charge in [0.1, 0.15) is 0 Å². The van der Waals surface area contributed by atoms with Crippen LogP contribution in [0.4, 0.5) is 5.69 Å². The Balaban J connectivity index is 0.00000182. The fourth-order valence-electron chi connectivity index (χ4n) is 3.56. The lowest BCUT2D eigenvalue weighted by atomic mass is 9.95. The quantitative estimate of drug-likeness (QED) is 0.755. The van der Waals surface area contributed by atoms with E-state index in [-0.39, 0.29) is 24.8 Å². The monoisotopic (exact) mass is 435 g/mol. The fourth-order valence-corrected chi connectivity index (χ4v) is 4.89. The van der Waals surface area contributed by atoms with Crippen molar-refractivity contribution in [1.29, 1.82) is 0 Å². The van der Waals surface area contributed by atoms with Crippen molar-refractivity contribution in [3.63, 3.8) is 0 Å². The van der Waals surface area contributed by atoms with Gasteiger partial charge in [0.15, 0.2) is 14.6 Å². The third-order valence-electron chi connectivity index (χ3n) is 5.03. The summed E-state index contributed by atoms with van der Waals surface area (Å²) in [6.45, 7) is 4.13. The normalized spacial score (nSPS) is 16.2. The van der Waals surface area contributed by atoms with Gasteiger partial charge in [0.2, 0.25) is 5.91 Å². The van der Waals surface area contributed by atoms with Crippen molar-refractivity contribution in [3.8, 4) is 0 Å². The van der Waals surface area contributed by atoms with Crippen molar-refractivity contribution >= 4 is 57.1 Å². The second-order valence-corrected chi connectivity index (χ2v) is 9.08. The number of sulfone groups is 1. The third-order valence-corrected chi connectivity index (χ3v) is 7.04. The predicted octanol–water partition coefficient (Wildman–Crippen LogP) is 3.00. The topological polar surface area (TPSA) is 80.2 Å². The number of nitrogens with one attached hydrogen (secondary N) is 2. The molecule has 0 spiro atoms. The number of anilines is 1. The summed E-state index contributed by atoms with van der Waals surface area (Å²) in [7, 11) is -3.51. The number of benzene rings is 1. The fraction of sp³-hybridized carbons (Fsp3) is 0.500. The Kier molecular flexibility index (Phi) is 8.16. The lowest BCUT2D eigenvalue weighted by Crippen LogP contribution is -2.55. The van der Waals surface area contributed by atoms with Crippen molar-refractivity contribution in [2.75, 3.05) is 24.7 Å². The highest BCUT2D eigenvalue weighted by Gasteiger charge is 2.48. The zero-order valence-corrected chi connectivity index (χ0v) is 18.0. The zero-order valence-electron chi connectivity index (χ0n) is 15.5. The molecule has 1 fully saturated rings. The van der Waals surface area contributed by atoms with E-state index in [4.69, 9.17) is 0 Å². The van der Waals surface area contributed by atoms with Gasteiger partial charge in [-0.2, -0.15) is 0 Å². The molecule has 27 heavy (non-hydrogen) atoms. The maximum absolute atomic E-state index is 12.9. The number of nitrogens with zero attached hydrogens (tertiary/aromatic N) is 1. The van der Waals surface area contributed by atoms with Crippen LogP contribution >= 0.6 is 24.8 Å². The molecule has 1 amide bonds. The first kappa shape index (κ1) is 23.8. The molecule has 0 unspecified atom stereocenters. The van der Waals surface area contributed by atoms with Gasteiger partial charge in [0.25, 0.3) is 0 Å². The van der Waals surface area contributed by atoms with Crippen LogP contribution < -0.4 is 10.6 Å². The molecule has 0 saturated carbocycles. The van der Waals surface area contributed by atoms with Crippen LogP contribution in [0, 0.1) is 0 Å². The summed E-state index contributed by atoms with van der Waals surface area (Å²) < 4.78 is 25.5. The molecule has 2 heterocycles. The summed E-state index contributed by atoms with van der Waals surface area (Å²) in [5.74, 6) is -0.427. The van der Waals surface area contributed by atoms with Gasteiger partial charge in [-0.05, 0) is 56.6 Å². The number of aromatic nitrogens is 1. The molecular formula is C18H27Cl2N3O3S. The van der Waals surface area contributed by atoms with Crippen molar-refractivity contribution < 1.29 is 13.2 Å². The van der Waals surface area contributed by atoms with Crippen molar-refractivity contribution in [2.24, 2.45) is 0 Å². The molecule has 1 aromatic heterocycles. The summed E-state index contributed by atoms with van der Waals surface area (Å²) in [6, 6.07) is 7.72. The number of piperidine rings is 1. The molecule has 2 N–H and O–H groups in total. The van der Waals surface area contributed by atoms with Crippen LogP contribution in [-0.4, -0.2) is 43.0 Å². The number of aryl methyl sites for hydroxylation is 1. The highest BCUT2D eigenvalue weighted by Crippen LogP contribution is 2.30. The summed E-state index contributed by atoms with van der Waals surface area (Å²) in [5.41, 5.74) is 1.74. The Hall–Kier alpha value is -1.28. The summed E-state index contributed by atoms with van der Waals surface area (Å²) in [5, 5.41) is 6.99. The smallest absolute Gasteiger partial charge is 0.245 e. The molecule has 1 saturated heterocycles. The molecule has 152 valence electrons. The Morgan fingerprint density at radius 3 is 2.48 bits per heavy atom. The lowest BCUT2D eigenvalue weighted by Gasteiger charge is -2.34. The van der Waals surface area contributed by atoms with E-state index in [1.807, 2.05) is 30.5 Å². The number of fused-ring (bicyclic) bond motifs is 1. The SMILES string of the molecule is CCCn1ccc2cc(NC(=O)C3(S(C)(=O)=O)CCNCC3)ccc21.Cl.Cl. The summed E-state index contributed by atoms with van der Waals surface area (Å²) >= 11 is 0. The minimum absolute atomic E-state index is 0. The molecule has 1 aliphatic heterocycles. The number of hydrogen-bond donors (Lipinski definition) is 2. The first-order valence-electron chi connectivity index (χ1n) is 8.68. The van der Waals surface area contributed by atoms with E-state index in [0.717, 1.165) is 30.1 Å². The standard InChI is InChI=1S/C18H25N3O3S.2ClH/c1-3-11-21-12-6-14-13-15(4-5-16(14)21)20-17(22)18(25(2,23)24)7-9-19-10-8-18;;/h4-6,12-13,19H,3,7-11H2,1-2H3,(H,20,22);2*1H. The van der Waals surface area contributed by atoms with E-state index in [9.17, 15) is 13.2 Å². The minimum atomic E-state index is -3.51. The highest BCUT2D eigenvalue weighted by molar-refractivity contribution is 7.92. The first-order chi connectivity index (χ1) is 11.9. The first-order valence-corrected chi connectivity index (χ1v) is 10.6. The van der Waals surface area contributed by atoms with Crippen LogP contribution in [0.25, 0.3) is 10.9 Å². The molecule has 0 atom stereocenters. The van der Waals surface area contributed by atoms with Gasteiger partial charge in [-0.25, -0.2) is 8.42 Å². The van der Waals surface area contributed by atoms with Crippen LogP contribution in [0.2, 0.25) is 0 Å². The van der Waals surface area contributed by atoms with E-state index in [1.165, 1.54) is 0 Å². The maximum Gasteiger partial charge on any atom is 0.245 e. The number of rotatable bonds is 5. The average Bonchev–Trinajstić information content (AvgIpc) is 2.97. The van der Waals surface area contributed by atoms with Gasteiger partial charge in [-0.1, -0.05) is 6.92 Å². The number of carbonyl (C=O) groups excluding carboxylic acids is 1. The summed E-state index contributed by atoms with van der Waals surface area (Å²) in [6.07, 6.45) is 4.84.